The Labute approximate surface area is 201 Å². The standard InChI is InChI=1S/C25H26ClN3O3S/c1-16-15-33-22-11-18(13-28-6-8-32-9-7-28)10-20-23(22)29(16)14-21(24(20)30)25(31)27-12-17-2-4-19(26)5-3-17/h2-5,10-11,14,16H,6-9,12-13,15H2,1H3,(H,27,31). The van der Waals surface area contributed by atoms with E-state index in [1.807, 2.05) is 18.2 Å². The highest BCUT2D eigenvalue weighted by atomic mass is 35.5. The largest absolute Gasteiger partial charge is 0.379 e. The normalized spacial score (nSPS) is 18.4. The number of morpholine rings is 1. The van der Waals surface area contributed by atoms with Gasteiger partial charge in [-0.25, -0.2) is 0 Å². The fraction of sp³-hybridized carbons (Fsp3) is 0.360. The van der Waals surface area contributed by atoms with Crippen molar-refractivity contribution >= 4 is 40.2 Å². The Morgan fingerprint density at radius 1 is 1.18 bits per heavy atom. The highest BCUT2D eigenvalue weighted by Crippen LogP contribution is 2.37. The van der Waals surface area contributed by atoms with E-state index in [0.717, 1.165) is 60.1 Å². The molecule has 2 aromatic carbocycles. The predicted octanol–water partition coefficient (Wildman–Crippen LogP) is 4.08. The molecule has 2 aliphatic rings. The Kier molecular flexibility index (Phi) is 6.47. The number of thioether (sulfide) groups is 1. The van der Waals surface area contributed by atoms with Crippen LogP contribution in [0, 0.1) is 0 Å². The number of carbonyl (C=O) groups excluding carboxylic acids is 1. The maximum absolute atomic E-state index is 13.5. The Hall–Kier alpha value is -2.32. The van der Waals surface area contributed by atoms with Crippen LogP contribution >= 0.6 is 23.4 Å². The molecule has 2 aliphatic heterocycles. The van der Waals surface area contributed by atoms with Crippen molar-refractivity contribution in [1.82, 2.24) is 14.8 Å². The molecule has 3 aromatic rings. The van der Waals surface area contributed by atoms with Crippen LogP contribution in [0.4, 0.5) is 0 Å². The molecular formula is C25H26ClN3O3S. The zero-order valence-electron chi connectivity index (χ0n) is 18.5. The summed E-state index contributed by atoms with van der Waals surface area (Å²) in [5.74, 6) is 0.545. The van der Waals surface area contributed by atoms with Gasteiger partial charge in [0, 0.05) is 59.5 Å². The van der Waals surface area contributed by atoms with E-state index in [-0.39, 0.29) is 22.9 Å². The molecule has 0 saturated carbocycles. The zero-order valence-corrected chi connectivity index (χ0v) is 20.0. The third-order valence-electron chi connectivity index (χ3n) is 6.23. The van der Waals surface area contributed by atoms with Crippen molar-refractivity contribution < 1.29 is 9.53 Å². The molecule has 5 rings (SSSR count). The fourth-order valence-corrected chi connectivity index (χ4v) is 5.70. The quantitative estimate of drug-likeness (QED) is 0.592. The van der Waals surface area contributed by atoms with Crippen LogP contribution in [0.15, 0.2) is 52.3 Å². The van der Waals surface area contributed by atoms with Crippen LogP contribution in [-0.2, 0) is 17.8 Å². The highest BCUT2D eigenvalue weighted by Gasteiger charge is 2.24. The molecule has 0 aliphatic carbocycles. The molecule has 1 fully saturated rings. The lowest BCUT2D eigenvalue weighted by Gasteiger charge is -2.29. The molecular weight excluding hydrogens is 458 g/mol. The van der Waals surface area contributed by atoms with Gasteiger partial charge in [-0.15, -0.1) is 11.8 Å². The molecule has 0 radical (unpaired) electrons. The highest BCUT2D eigenvalue weighted by molar-refractivity contribution is 7.99. The van der Waals surface area contributed by atoms with Crippen molar-refractivity contribution in [2.24, 2.45) is 0 Å². The summed E-state index contributed by atoms with van der Waals surface area (Å²) in [7, 11) is 0. The minimum absolute atomic E-state index is 0.185. The van der Waals surface area contributed by atoms with Gasteiger partial charge in [0.1, 0.15) is 5.56 Å². The Morgan fingerprint density at radius 3 is 2.70 bits per heavy atom. The summed E-state index contributed by atoms with van der Waals surface area (Å²) in [6, 6.07) is 11.7. The number of amides is 1. The summed E-state index contributed by atoms with van der Waals surface area (Å²) in [5.41, 5.74) is 2.93. The Morgan fingerprint density at radius 2 is 1.94 bits per heavy atom. The summed E-state index contributed by atoms with van der Waals surface area (Å²) in [4.78, 5) is 30.0. The van der Waals surface area contributed by atoms with Gasteiger partial charge in [-0.3, -0.25) is 14.5 Å². The fourth-order valence-electron chi connectivity index (χ4n) is 4.41. The summed E-state index contributed by atoms with van der Waals surface area (Å²) >= 11 is 7.73. The summed E-state index contributed by atoms with van der Waals surface area (Å²) in [6.07, 6.45) is 1.73. The molecule has 1 aromatic heterocycles. The second-order valence-corrected chi connectivity index (χ2v) is 10.1. The number of pyridine rings is 1. The van der Waals surface area contributed by atoms with Crippen LogP contribution in [-0.4, -0.2) is 47.4 Å². The number of nitrogens with zero attached hydrogens (tertiary/aromatic N) is 2. The first-order valence-corrected chi connectivity index (χ1v) is 12.5. The number of benzene rings is 2. The van der Waals surface area contributed by atoms with Crippen molar-refractivity contribution in [3.05, 3.63) is 74.5 Å². The Bertz CT molecular complexity index is 1250. The van der Waals surface area contributed by atoms with Gasteiger partial charge in [0.25, 0.3) is 5.91 Å². The van der Waals surface area contributed by atoms with Gasteiger partial charge >= 0.3 is 0 Å². The average Bonchev–Trinajstić information content (AvgIpc) is 2.82. The first-order chi connectivity index (χ1) is 16.0. The van der Waals surface area contributed by atoms with E-state index < -0.39 is 0 Å². The number of ether oxygens (including phenoxy) is 1. The van der Waals surface area contributed by atoms with Crippen LogP contribution in [0.5, 0.6) is 0 Å². The van der Waals surface area contributed by atoms with Crippen LogP contribution in [0.1, 0.15) is 34.5 Å². The second-order valence-electron chi connectivity index (χ2n) is 8.63. The number of halogens is 1. The molecule has 33 heavy (non-hydrogen) atoms. The predicted molar refractivity (Wildman–Crippen MR) is 132 cm³/mol. The topological polar surface area (TPSA) is 63.6 Å². The van der Waals surface area contributed by atoms with Gasteiger partial charge < -0.3 is 14.6 Å². The maximum Gasteiger partial charge on any atom is 0.257 e. The van der Waals surface area contributed by atoms with Crippen molar-refractivity contribution in [2.75, 3.05) is 32.1 Å². The van der Waals surface area contributed by atoms with Crippen molar-refractivity contribution in [3.8, 4) is 0 Å². The number of hydrogen-bond donors (Lipinski definition) is 1. The smallest absolute Gasteiger partial charge is 0.257 e. The number of hydrogen-bond acceptors (Lipinski definition) is 5. The van der Waals surface area contributed by atoms with E-state index in [1.165, 1.54) is 0 Å². The number of aromatic nitrogens is 1. The van der Waals surface area contributed by atoms with Crippen LogP contribution in [0.3, 0.4) is 0 Å². The van der Waals surface area contributed by atoms with E-state index in [4.69, 9.17) is 16.3 Å². The van der Waals surface area contributed by atoms with E-state index in [9.17, 15) is 9.59 Å². The molecule has 0 spiro atoms. The monoisotopic (exact) mass is 483 g/mol. The van der Waals surface area contributed by atoms with Gasteiger partial charge in [-0.2, -0.15) is 0 Å². The molecule has 1 N–H and O–H groups in total. The van der Waals surface area contributed by atoms with E-state index in [1.54, 1.807) is 30.1 Å². The van der Waals surface area contributed by atoms with E-state index in [2.05, 4.69) is 27.8 Å². The summed E-state index contributed by atoms with van der Waals surface area (Å²) in [5, 5.41) is 4.16. The van der Waals surface area contributed by atoms with Crippen LogP contribution < -0.4 is 10.7 Å². The molecule has 8 heteroatoms. The molecule has 1 atom stereocenters. The van der Waals surface area contributed by atoms with Gasteiger partial charge in [0.2, 0.25) is 5.43 Å². The van der Waals surface area contributed by atoms with Gasteiger partial charge in [0.05, 0.1) is 18.7 Å². The van der Waals surface area contributed by atoms with Gasteiger partial charge in [0.15, 0.2) is 0 Å². The van der Waals surface area contributed by atoms with Crippen molar-refractivity contribution in [2.45, 2.75) is 31.0 Å². The minimum Gasteiger partial charge on any atom is -0.379 e. The van der Waals surface area contributed by atoms with Gasteiger partial charge in [-0.1, -0.05) is 23.7 Å². The average molecular weight is 484 g/mol. The lowest BCUT2D eigenvalue weighted by molar-refractivity contribution is 0.0342. The molecule has 3 heterocycles. The first kappa shape index (κ1) is 22.5. The Balaban J connectivity index is 1.50. The second kappa shape index (κ2) is 9.50. The lowest BCUT2D eigenvalue weighted by Crippen LogP contribution is -2.35. The van der Waals surface area contributed by atoms with E-state index in [0.29, 0.717) is 17.0 Å². The van der Waals surface area contributed by atoms with Crippen molar-refractivity contribution in [1.29, 1.82) is 0 Å². The molecule has 172 valence electrons. The van der Waals surface area contributed by atoms with Crippen LogP contribution in [0.2, 0.25) is 5.02 Å². The van der Waals surface area contributed by atoms with Crippen molar-refractivity contribution in [3.63, 3.8) is 0 Å². The third kappa shape index (κ3) is 4.68. The third-order valence-corrected chi connectivity index (χ3v) is 7.75. The first-order valence-electron chi connectivity index (χ1n) is 11.2. The molecule has 6 nitrogen and oxygen atoms in total. The molecule has 0 bridgehead atoms. The van der Waals surface area contributed by atoms with Gasteiger partial charge in [-0.05, 0) is 42.3 Å². The molecule has 1 saturated heterocycles. The van der Waals surface area contributed by atoms with Crippen LogP contribution in [0.25, 0.3) is 10.9 Å². The number of carbonyl (C=O) groups is 1. The zero-order chi connectivity index (χ0) is 22.9. The molecule has 1 amide bonds. The number of nitrogens with one attached hydrogen (secondary N) is 1. The number of rotatable bonds is 5. The summed E-state index contributed by atoms with van der Waals surface area (Å²) < 4.78 is 7.56. The lowest BCUT2D eigenvalue weighted by atomic mass is 10.1. The summed E-state index contributed by atoms with van der Waals surface area (Å²) in [6.45, 7) is 6.46. The minimum atomic E-state index is -0.355. The molecule has 1 unspecified atom stereocenters. The maximum atomic E-state index is 13.5. The van der Waals surface area contributed by atoms with E-state index >= 15 is 0 Å². The SMILES string of the molecule is CC1CSc2cc(CN3CCOCC3)cc3c(=O)c(C(=O)NCc4ccc(Cl)cc4)cn1c23.